The van der Waals surface area contributed by atoms with E-state index in [1.807, 2.05) is 0 Å². The van der Waals surface area contributed by atoms with Gasteiger partial charge in [0.15, 0.2) is 0 Å². The first-order valence-corrected chi connectivity index (χ1v) is 3.79. The Morgan fingerprint density at radius 2 is 2.00 bits per heavy atom. The van der Waals surface area contributed by atoms with Crippen LogP contribution in [-0.4, -0.2) is 31.5 Å². The average molecular weight is 180 g/mol. The summed E-state index contributed by atoms with van der Waals surface area (Å²) >= 11 is 0. The van der Waals surface area contributed by atoms with E-state index in [1.165, 1.54) is 0 Å². The van der Waals surface area contributed by atoms with E-state index in [0.717, 1.165) is 19.4 Å². The van der Waals surface area contributed by atoms with Crippen LogP contribution in [0.2, 0.25) is 0 Å². The molecule has 1 aliphatic heterocycles. The highest BCUT2D eigenvalue weighted by Crippen LogP contribution is 2.37. The molecule has 11 heavy (non-hydrogen) atoms. The summed E-state index contributed by atoms with van der Waals surface area (Å²) in [5.74, 6) is 0. The highest BCUT2D eigenvalue weighted by Gasteiger charge is 2.47. The Morgan fingerprint density at radius 1 is 1.27 bits per heavy atom. The van der Waals surface area contributed by atoms with Crippen molar-refractivity contribution in [2.45, 2.75) is 24.5 Å². The molecule has 1 saturated heterocycles. The number of halogens is 1. The average Bonchev–Trinajstić information content (AvgIpc) is 2.72. The van der Waals surface area contributed by atoms with Crippen molar-refractivity contribution in [3.63, 3.8) is 0 Å². The van der Waals surface area contributed by atoms with E-state index in [0.29, 0.717) is 13.2 Å². The van der Waals surface area contributed by atoms with Crippen LogP contribution in [-0.2, 0) is 9.47 Å². The molecule has 2 aliphatic rings. The Labute approximate surface area is 72.6 Å². The second kappa shape index (κ2) is 3.27. The largest absolute Gasteiger partial charge is 0.376 e. The second-order valence-corrected chi connectivity index (χ2v) is 3.17. The summed E-state index contributed by atoms with van der Waals surface area (Å²) in [7, 11) is 0. The summed E-state index contributed by atoms with van der Waals surface area (Å²) in [6.07, 6.45) is 2.36. The molecule has 0 aromatic rings. The molecular weight excluding hydrogens is 166 g/mol. The number of ether oxygens (including phenoxy) is 2. The van der Waals surface area contributed by atoms with Crippen LogP contribution in [0.1, 0.15) is 12.8 Å². The number of nitrogens with two attached hydrogens (primary N) is 1. The minimum absolute atomic E-state index is 0. The molecule has 0 aromatic carbocycles. The van der Waals surface area contributed by atoms with Crippen LogP contribution in [0.3, 0.4) is 0 Å². The van der Waals surface area contributed by atoms with Crippen LogP contribution >= 0.6 is 12.4 Å². The first-order chi connectivity index (χ1) is 4.81. The van der Waals surface area contributed by atoms with Crippen LogP contribution in [0.5, 0.6) is 0 Å². The summed E-state index contributed by atoms with van der Waals surface area (Å²) in [5, 5.41) is 0. The molecular formula is C7H14ClNO2. The number of rotatable bonds is 1. The van der Waals surface area contributed by atoms with Gasteiger partial charge >= 0.3 is 0 Å². The van der Waals surface area contributed by atoms with E-state index in [-0.39, 0.29) is 24.0 Å². The molecule has 2 rings (SSSR count). The standard InChI is InChI=1S/C7H13NO2.ClH/c8-7(1-2-7)6-5-9-3-4-10-6;/h6H,1-5,8H2;1H. The lowest BCUT2D eigenvalue weighted by molar-refractivity contribution is -0.101. The molecule has 3 nitrogen and oxygen atoms in total. The van der Waals surface area contributed by atoms with Gasteiger partial charge in [0.05, 0.1) is 25.9 Å². The minimum Gasteiger partial charge on any atom is -0.376 e. The fraction of sp³-hybridized carbons (Fsp3) is 1.00. The van der Waals surface area contributed by atoms with Gasteiger partial charge in [0.1, 0.15) is 0 Å². The van der Waals surface area contributed by atoms with Gasteiger partial charge < -0.3 is 15.2 Å². The third-order valence-corrected chi connectivity index (χ3v) is 2.28. The van der Waals surface area contributed by atoms with Crippen molar-refractivity contribution in [3.05, 3.63) is 0 Å². The Morgan fingerprint density at radius 3 is 2.45 bits per heavy atom. The summed E-state index contributed by atoms with van der Waals surface area (Å²) < 4.78 is 10.7. The van der Waals surface area contributed by atoms with E-state index in [4.69, 9.17) is 15.2 Å². The van der Waals surface area contributed by atoms with Crippen molar-refractivity contribution in [1.29, 1.82) is 0 Å². The Balaban J connectivity index is 0.000000605. The Kier molecular flexibility index (Phi) is 2.75. The molecule has 0 radical (unpaired) electrons. The molecule has 1 saturated carbocycles. The molecule has 1 aliphatic carbocycles. The summed E-state index contributed by atoms with van der Waals surface area (Å²) in [4.78, 5) is 0. The Bertz CT molecular complexity index is 132. The van der Waals surface area contributed by atoms with Crippen LogP contribution in [0.15, 0.2) is 0 Å². The van der Waals surface area contributed by atoms with Gasteiger partial charge in [-0.15, -0.1) is 12.4 Å². The van der Waals surface area contributed by atoms with Crippen molar-refractivity contribution in [2.75, 3.05) is 19.8 Å². The van der Waals surface area contributed by atoms with Crippen molar-refractivity contribution in [3.8, 4) is 0 Å². The predicted octanol–water partition coefficient (Wildman–Crippen LogP) is 0.315. The van der Waals surface area contributed by atoms with Gasteiger partial charge in [0.2, 0.25) is 0 Å². The molecule has 66 valence electrons. The molecule has 4 heteroatoms. The monoisotopic (exact) mass is 179 g/mol. The van der Waals surface area contributed by atoms with Gasteiger partial charge in [-0.05, 0) is 12.8 Å². The third kappa shape index (κ3) is 1.85. The molecule has 0 spiro atoms. The minimum atomic E-state index is -0.0274. The van der Waals surface area contributed by atoms with E-state index in [1.54, 1.807) is 0 Å². The second-order valence-electron chi connectivity index (χ2n) is 3.17. The number of hydrogen-bond donors (Lipinski definition) is 1. The highest BCUT2D eigenvalue weighted by atomic mass is 35.5. The lowest BCUT2D eigenvalue weighted by Crippen LogP contribution is -2.45. The maximum atomic E-state index is 5.92. The van der Waals surface area contributed by atoms with Crippen LogP contribution in [0.4, 0.5) is 0 Å². The zero-order valence-corrected chi connectivity index (χ0v) is 7.23. The molecule has 1 heterocycles. The van der Waals surface area contributed by atoms with Crippen LogP contribution < -0.4 is 5.73 Å². The SMILES string of the molecule is Cl.NC1(C2COCCO2)CC1. The smallest absolute Gasteiger partial charge is 0.0988 e. The highest BCUT2D eigenvalue weighted by molar-refractivity contribution is 5.85. The van der Waals surface area contributed by atoms with Gasteiger partial charge in [-0.25, -0.2) is 0 Å². The van der Waals surface area contributed by atoms with Gasteiger partial charge in [-0.2, -0.15) is 0 Å². The molecule has 1 unspecified atom stereocenters. The van der Waals surface area contributed by atoms with Crippen molar-refractivity contribution in [2.24, 2.45) is 5.73 Å². The normalized spacial score (nSPS) is 34.1. The molecule has 0 aromatic heterocycles. The van der Waals surface area contributed by atoms with Crippen LogP contribution in [0.25, 0.3) is 0 Å². The lowest BCUT2D eigenvalue weighted by atomic mass is 10.1. The molecule has 2 fully saturated rings. The van der Waals surface area contributed by atoms with E-state index >= 15 is 0 Å². The van der Waals surface area contributed by atoms with Crippen molar-refractivity contribution >= 4 is 12.4 Å². The van der Waals surface area contributed by atoms with Gasteiger partial charge in [-0.3, -0.25) is 0 Å². The van der Waals surface area contributed by atoms with Crippen molar-refractivity contribution < 1.29 is 9.47 Å². The molecule has 2 N–H and O–H groups in total. The zero-order chi connectivity index (χ0) is 7.03. The summed E-state index contributed by atoms with van der Waals surface area (Å²) in [6, 6.07) is 0. The van der Waals surface area contributed by atoms with Crippen molar-refractivity contribution in [1.82, 2.24) is 0 Å². The maximum absolute atomic E-state index is 5.92. The van der Waals surface area contributed by atoms with E-state index < -0.39 is 0 Å². The molecule has 1 atom stereocenters. The lowest BCUT2D eigenvalue weighted by Gasteiger charge is -2.27. The fourth-order valence-corrected chi connectivity index (χ4v) is 1.29. The maximum Gasteiger partial charge on any atom is 0.0988 e. The quantitative estimate of drug-likeness (QED) is 0.631. The van der Waals surface area contributed by atoms with Gasteiger partial charge in [-0.1, -0.05) is 0 Å². The topological polar surface area (TPSA) is 44.5 Å². The van der Waals surface area contributed by atoms with Gasteiger partial charge in [0.25, 0.3) is 0 Å². The van der Waals surface area contributed by atoms with E-state index in [9.17, 15) is 0 Å². The number of hydrogen-bond acceptors (Lipinski definition) is 3. The first kappa shape index (κ1) is 9.26. The first-order valence-electron chi connectivity index (χ1n) is 3.79. The Hall–Kier alpha value is 0.170. The fourth-order valence-electron chi connectivity index (χ4n) is 1.29. The third-order valence-electron chi connectivity index (χ3n) is 2.28. The van der Waals surface area contributed by atoms with Gasteiger partial charge in [0, 0.05) is 5.54 Å². The summed E-state index contributed by atoms with van der Waals surface area (Å²) in [5.41, 5.74) is 5.89. The predicted molar refractivity (Wildman–Crippen MR) is 44.0 cm³/mol. The van der Waals surface area contributed by atoms with Crippen LogP contribution in [0, 0.1) is 0 Å². The molecule has 0 bridgehead atoms. The summed E-state index contributed by atoms with van der Waals surface area (Å²) in [6.45, 7) is 2.13. The molecule has 0 amide bonds. The van der Waals surface area contributed by atoms with E-state index in [2.05, 4.69) is 0 Å². The zero-order valence-electron chi connectivity index (χ0n) is 6.41.